The van der Waals surface area contributed by atoms with Crippen molar-refractivity contribution in [3.05, 3.63) is 57.9 Å². The van der Waals surface area contributed by atoms with Crippen molar-refractivity contribution < 1.29 is 17.9 Å². The van der Waals surface area contributed by atoms with Gasteiger partial charge in [0.15, 0.2) is 0 Å². The highest BCUT2D eigenvalue weighted by Crippen LogP contribution is 2.26. The fraction of sp³-hybridized carbons (Fsp3) is 0.278. The summed E-state index contributed by atoms with van der Waals surface area (Å²) in [7, 11) is -3.50. The Morgan fingerprint density at radius 3 is 2.64 bits per heavy atom. The molecule has 4 rings (SSSR count). The molecule has 1 fully saturated rings. The zero-order chi connectivity index (χ0) is 19.6. The van der Waals surface area contributed by atoms with Crippen molar-refractivity contribution in [1.29, 1.82) is 0 Å². The topological polar surface area (TPSA) is 80.6 Å². The summed E-state index contributed by atoms with van der Waals surface area (Å²) in [6.45, 7) is 1.85. The number of sulfonamides is 1. The van der Waals surface area contributed by atoms with Gasteiger partial charge in [-0.2, -0.15) is 4.31 Å². The Balaban J connectivity index is 1.43. The van der Waals surface area contributed by atoms with Gasteiger partial charge in [-0.1, -0.05) is 0 Å². The Bertz CT molecular complexity index is 1050. The molecule has 0 aliphatic carbocycles. The number of nitrogens with one attached hydrogen (secondary N) is 1. The first-order valence-corrected chi connectivity index (χ1v) is 11.8. The molecule has 0 unspecified atom stereocenters. The highest BCUT2D eigenvalue weighted by atomic mass is 32.2. The van der Waals surface area contributed by atoms with E-state index in [9.17, 15) is 13.2 Å². The van der Waals surface area contributed by atoms with Crippen molar-refractivity contribution in [2.75, 3.05) is 26.3 Å². The van der Waals surface area contributed by atoms with Gasteiger partial charge in [-0.15, -0.1) is 22.7 Å². The first kappa shape index (κ1) is 19.3. The van der Waals surface area contributed by atoms with E-state index in [-0.39, 0.29) is 12.5 Å². The monoisotopic (exact) mass is 437 g/mol. The van der Waals surface area contributed by atoms with E-state index in [2.05, 4.69) is 5.32 Å². The van der Waals surface area contributed by atoms with Crippen LogP contribution in [-0.2, 0) is 21.3 Å². The number of morpholine rings is 1. The van der Waals surface area contributed by atoms with E-state index in [4.69, 9.17) is 4.74 Å². The van der Waals surface area contributed by atoms with Crippen molar-refractivity contribution in [1.82, 2.24) is 14.2 Å². The number of nitrogens with zero attached hydrogens (tertiary/aromatic N) is 2. The molecule has 0 saturated carbocycles. The van der Waals surface area contributed by atoms with Gasteiger partial charge in [-0.25, -0.2) is 8.42 Å². The SMILES string of the molecule is O=C(NCc1ccc(S(=O)(=O)N2CCOCC2)s1)c1sccc1-n1cccc1. The summed E-state index contributed by atoms with van der Waals surface area (Å²) in [6.07, 6.45) is 3.78. The van der Waals surface area contributed by atoms with Crippen LogP contribution in [0.15, 0.2) is 52.3 Å². The maximum absolute atomic E-state index is 12.7. The molecular weight excluding hydrogens is 418 g/mol. The Morgan fingerprint density at radius 2 is 1.89 bits per heavy atom. The summed E-state index contributed by atoms with van der Waals surface area (Å²) in [5.41, 5.74) is 0.828. The van der Waals surface area contributed by atoms with Crippen LogP contribution >= 0.6 is 22.7 Å². The van der Waals surface area contributed by atoms with Gasteiger partial charge in [0.25, 0.3) is 15.9 Å². The molecule has 0 aromatic carbocycles. The summed E-state index contributed by atoms with van der Waals surface area (Å²) in [5, 5.41) is 4.77. The Morgan fingerprint density at radius 1 is 1.14 bits per heavy atom. The average molecular weight is 438 g/mol. The van der Waals surface area contributed by atoms with Crippen molar-refractivity contribution >= 4 is 38.6 Å². The fourth-order valence-corrected chi connectivity index (χ4v) is 6.59. The highest BCUT2D eigenvalue weighted by Gasteiger charge is 2.27. The molecule has 1 aliphatic rings. The summed E-state index contributed by atoms with van der Waals surface area (Å²) in [6, 6.07) is 9.06. The van der Waals surface area contributed by atoms with Crippen LogP contribution in [0.4, 0.5) is 0 Å². The highest BCUT2D eigenvalue weighted by molar-refractivity contribution is 7.91. The zero-order valence-corrected chi connectivity index (χ0v) is 17.4. The molecule has 3 aromatic heterocycles. The molecule has 10 heteroatoms. The molecule has 148 valence electrons. The molecule has 7 nitrogen and oxygen atoms in total. The molecule has 1 aliphatic heterocycles. The summed E-state index contributed by atoms with van der Waals surface area (Å²) >= 11 is 2.56. The number of aromatic nitrogens is 1. The zero-order valence-electron chi connectivity index (χ0n) is 14.9. The van der Waals surface area contributed by atoms with Crippen molar-refractivity contribution in [2.45, 2.75) is 10.8 Å². The van der Waals surface area contributed by atoms with Crippen molar-refractivity contribution in [3.63, 3.8) is 0 Å². The molecule has 1 amide bonds. The number of ether oxygens (including phenoxy) is 1. The van der Waals surface area contributed by atoms with Crippen molar-refractivity contribution in [3.8, 4) is 5.69 Å². The Kier molecular flexibility index (Phi) is 5.65. The van der Waals surface area contributed by atoms with Gasteiger partial charge in [0.1, 0.15) is 9.09 Å². The van der Waals surface area contributed by atoms with Crippen LogP contribution in [0, 0.1) is 0 Å². The number of carbonyl (C=O) groups is 1. The predicted octanol–water partition coefficient (Wildman–Crippen LogP) is 2.55. The molecule has 4 heterocycles. The lowest BCUT2D eigenvalue weighted by Crippen LogP contribution is -2.40. The molecule has 1 saturated heterocycles. The van der Waals surface area contributed by atoms with Crippen LogP contribution < -0.4 is 5.32 Å². The van der Waals surface area contributed by atoms with Gasteiger partial charge in [0, 0.05) is 30.4 Å². The number of amides is 1. The van der Waals surface area contributed by atoms with E-state index in [1.807, 2.05) is 40.5 Å². The van der Waals surface area contributed by atoms with E-state index >= 15 is 0 Å². The van der Waals surface area contributed by atoms with Gasteiger partial charge in [0.2, 0.25) is 0 Å². The van der Waals surface area contributed by atoms with E-state index in [1.165, 1.54) is 27.0 Å². The molecule has 3 aromatic rings. The van der Waals surface area contributed by atoms with E-state index in [0.29, 0.717) is 35.4 Å². The lowest BCUT2D eigenvalue weighted by molar-refractivity contribution is 0.0731. The molecule has 0 bridgehead atoms. The minimum Gasteiger partial charge on any atom is -0.379 e. The largest absolute Gasteiger partial charge is 0.379 e. The van der Waals surface area contributed by atoms with Crippen LogP contribution in [0.3, 0.4) is 0 Å². The van der Waals surface area contributed by atoms with E-state index in [0.717, 1.165) is 10.6 Å². The van der Waals surface area contributed by atoms with Crippen LogP contribution in [0.2, 0.25) is 0 Å². The van der Waals surface area contributed by atoms with Gasteiger partial charge in [-0.3, -0.25) is 4.79 Å². The standard InChI is InChI=1S/C18H19N3O4S3/c22-18(17-15(5-12-26-17)20-6-1-2-7-20)19-13-14-3-4-16(27-14)28(23,24)21-8-10-25-11-9-21/h1-7,12H,8-11,13H2,(H,19,22). The number of carbonyl (C=O) groups excluding carboxylic acids is 1. The first-order chi connectivity index (χ1) is 13.6. The fourth-order valence-electron chi connectivity index (χ4n) is 2.92. The van der Waals surface area contributed by atoms with Gasteiger partial charge >= 0.3 is 0 Å². The Hall–Kier alpha value is -1.98. The first-order valence-electron chi connectivity index (χ1n) is 8.71. The normalized spacial score (nSPS) is 15.6. The number of hydrogen-bond acceptors (Lipinski definition) is 6. The maximum Gasteiger partial charge on any atom is 0.263 e. The maximum atomic E-state index is 12.7. The lowest BCUT2D eigenvalue weighted by atomic mass is 10.3. The predicted molar refractivity (Wildman–Crippen MR) is 109 cm³/mol. The quantitative estimate of drug-likeness (QED) is 0.643. The minimum absolute atomic E-state index is 0.176. The smallest absolute Gasteiger partial charge is 0.263 e. The molecule has 28 heavy (non-hydrogen) atoms. The van der Waals surface area contributed by atoms with Gasteiger partial charge in [-0.05, 0) is 35.7 Å². The number of hydrogen-bond donors (Lipinski definition) is 1. The second-order valence-corrected chi connectivity index (χ2v) is 10.4. The summed E-state index contributed by atoms with van der Waals surface area (Å²) in [4.78, 5) is 14.0. The lowest BCUT2D eigenvalue weighted by Gasteiger charge is -2.25. The summed E-state index contributed by atoms with van der Waals surface area (Å²) < 4.78 is 34.2. The van der Waals surface area contributed by atoms with E-state index < -0.39 is 10.0 Å². The number of rotatable bonds is 6. The van der Waals surface area contributed by atoms with Gasteiger partial charge in [0.05, 0.1) is 25.4 Å². The summed E-state index contributed by atoms with van der Waals surface area (Å²) in [5.74, 6) is -0.176. The minimum atomic E-state index is -3.50. The third-order valence-corrected chi connectivity index (χ3v) is 8.71. The second-order valence-electron chi connectivity index (χ2n) is 6.15. The van der Waals surface area contributed by atoms with Gasteiger partial charge < -0.3 is 14.6 Å². The molecular formula is C18H19N3O4S3. The van der Waals surface area contributed by atoms with Crippen LogP contribution in [0.1, 0.15) is 14.5 Å². The van der Waals surface area contributed by atoms with Crippen LogP contribution in [-0.4, -0.2) is 49.5 Å². The Labute approximate surface area is 171 Å². The average Bonchev–Trinajstić information content (AvgIpc) is 3.47. The van der Waals surface area contributed by atoms with Crippen LogP contribution in [0.25, 0.3) is 5.69 Å². The molecule has 0 atom stereocenters. The van der Waals surface area contributed by atoms with Crippen LogP contribution in [0.5, 0.6) is 0 Å². The third-order valence-electron chi connectivity index (χ3n) is 4.36. The third kappa shape index (κ3) is 3.91. The molecule has 0 spiro atoms. The molecule has 0 radical (unpaired) electrons. The van der Waals surface area contributed by atoms with E-state index in [1.54, 1.807) is 12.1 Å². The second kappa shape index (κ2) is 8.18. The molecule has 1 N–H and O–H groups in total. The van der Waals surface area contributed by atoms with Crippen molar-refractivity contribution in [2.24, 2.45) is 0 Å². The number of thiophene rings is 2.